The Labute approximate surface area is 200 Å². The largest absolute Gasteiger partial charge is 0.508 e. The fourth-order valence-electron chi connectivity index (χ4n) is 3.97. The van der Waals surface area contributed by atoms with Gasteiger partial charge in [0.2, 0.25) is 0 Å². The van der Waals surface area contributed by atoms with E-state index in [4.69, 9.17) is 9.84 Å². The van der Waals surface area contributed by atoms with Crippen molar-refractivity contribution in [2.75, 3.05) is 25.6 Å². The number of phenols is 1. The van der Waals surface area contributed by atoms with Gasteiger partial charge in [-0.1, -0.05) is 6.07 Å². The lowest BCUT2D eigenvalue weighted by atomic mass is 10.0. The minimum absolute atomic E-state index is 0.0614. The van der Waals surface area contributed by atoms with E-state index < -0.39 is 18.4 Å². The molecule has 9 heteroatoms. The summed E-state index contributed by atoms with van der Waals surface area (Å²) < 4.78 is 21.1. The molecule has 4 aromatic rings. The average Bonchev–Trinajstić information content (AvgIpc) is 3.12. The zero-order chi connectivity index (χ0) is 25.3. The van der Waals surface area contributed by atoms with Crippen molar-refractivity contribution in [1.29, 1.82) is 0 Å². The summed E-state index contributed by atoms with van der Waals surface area (Å²) in [6, 6.07) is 14.0. The monoisotopic (exact) mass is 477 g/mol. The van der Waals surface area contributed by atoms with Crippen LogP contribution < -0.4 is 9.64 Å². The van der Waals surface area contributed by atoms with Gasteiger partial charge in [0.1, 0.15) is 17.2 Å². The molecule has 180 valence electrons. The number of carbonyl (C=O) groups is 2. The third-order valence-electron chi connectivity index (χ3n) is 5.49. The smallest absolute Gasteiger partial charge is 0.341 e. The number of halogens is 1. The summed E-state index contributed by atoms with van der Waals surface area (Å²) in [5.41, 5.74) is 2.84. The van der Waals surface area contributed by atoms with Crippen LogP contribution >= 0.6 is 0 Å². The molecule has 0 saturated heterocycles. The lowest BCUT2D eigenvalue weighted by molar-refractivity contribution is -0.139. The lowest BCUT2D eigenvalue weighted by Crippen LogP contribution is -2.18. The van der Waals surface area contributed by atoms with Crippen molar-refractivity contribution in [2.45, 2.75) is 13.5 Å². The van der Waals surface area contributed by atoms with Gasteiger partial charge in [0.15, 0.2) is 24.0 Å². The number of ketones is 1. The molecule has 0 spiro atoms. The van der Waals surface area contributed by atoms with E-state index in [1.165, 1.54) is 24.3 Å². The summed E-state index contributed by atoms with van der Waals surface area (Å²) >= 11 is 0. The number of pyridine rings is 1. The predicted octanol–water partition coefficient (Wildman–Crippen LogP) is 4.00. The number of aryl methyl sites for hydroxylation is 1. The molecular formula is C26H24FN3O5. The maximum absolute atomic E-state index is 14.2. The van der Waals surface area contributed by atoms with Gasteiger partial charge in [-0.3, -0.25) is 4.79 Å². The number of rotatable bonds is 8. The van der Waals surface area contributed by atoms with Crippen molar-refractivity contribution in [3.8, 4) is 11.5 Å². The fourth-order valence-corrected chi connectivity index (χ4v) is 3.97. The first kappa shape index (κ1) is 23.7. The number of anilines is 1. The van der Waals surface area contributed by atoms with Crippen LogP contribution in [0.2, 0.25) is 0 Å². The molecule has 0 bridgehead atoms. The Morgan fingerprint density at radius 2 is 1.80 bits per heavy atom. The minimum atomic E-state index is -1.21. The molecule has 0 aliphatic rings. The molecular weight excluding hydrogens is 453 g/mol. The average molecular weight is 477 g/mol. The van der Waals surface area contributed by atoms with E-state index in [0.717, 1.165) is 5.69 Å². The molecule has 0 aliphatic heterocycles. The molecule has 0 radical (unpaired) electrons. The van der Waals surface area contributed by atoms with E-state index in [2.05, 4.69) is 4.98 Å². The summed E-state index contributed by atoms with van der Waals surface area (Å²) in [5.74, 6) is -1.61. The number of nitrogens with zero attached hydrogens (tertiary/aromatic N) is 3. The first-order valence-electron chi connectivity index (χ1n) is 10.8. The van der Waals surface area contributed by atoms with Crippen molar-refractivity contribution >= 4 is 28.6 Å². The SMILES string of the molecule is Cc1ccc2c(C(=O)c3ccc(O)cc3)c(N(C)C)n(Cc3ccc(F)c(OCC(=O)O)c3)c2n1. The highest BCUT2D eigenvalue weighted by molar-refractivity contribution is 6.20. The molecule has 4 rings (SSSR count). The Morgan fingerprint density at radius 3 is 2.46 bits per heavy atom. The zero-order valence-corrected chi connectivity index (χ0v) is 19.4. The number of carboxylic acids is 1. The second-order valence-electron chi connectivity index (χ2n) is 8.33. The molecule has 2 aromatic carbocycles. The van der Waals surface area contributed by atoms with Crippen molar-refractivity contribution in [1.82, 2.24) is 9.55 Å². The number of aliphatic carboxylic acids is 1. The molecule has 8 nitrogen and oxygen atoms in total. The summed E-state index contributed by atoms with van der Waals surface area (Å²) in [7, 11) is 3.63. The highest BCUT2D eigenvalue weighted by Crippen LogP contribution is 2.34. The van der Waals surface area contributed by atoms with E-state index >= 15 is 0 Å². The quantitative estimate of drug-likeness (QED) is 0.370. The van der Waals surface area contributed by atoms with Gasteiger partial charge in [-0.25, -0.2) is 14.2 Å². The van der Waals surface area contributed by atoms with Crippen molar-refractivity contribution in [3.63, 3.8) is 0 Å². The van der Waals surface area contributed by atoms with Gasteiger partial charge in [0, 0.05) is 30.7 Å². The number of aromatic nitrogens is 2. The van der Waals surface area contributed by atoms with Gasteiger partial charge in [-0.2, -0.15) is 0 Å². The number of carbonyl (C=O) groups excluding carboxylic acids is 1. The number of hydrogen-bond acceptors (Lipinski definition) is 6. The Kier molecular flexibility index (Phi) is 6.42. The summed E-state index contributed by atoms with van der Waals surface area (Å²) in [5, 5.41) is 19.1. The fraction of sp³-hybridized carbons (Fsp3) is 0.192. The van der Waals surface area contributed by atoms with Gasteiger partial charge < -0.3 is 24.4 Å². The zero-order valence-electron chi connectivity index (χ0n) is 19.4. The van der Waals surface area contributed by atoms with Gasteiger partial charge in [-0.15, -0.1) is 0 Å². The standard InChI is InChI=1S/C26H24FN3O5/c1-15-4-10-19-23(24(34)17-6-8-18(31)9-7-17)26(29(2)3)30(25(19)28-15)13-16-5-11-20(27)21(12-16)35-14-22(32)33/h4-12,31H,13-14H2,1-3H3,(H,32,33). The van der Waals surface area contributed by atoms with E-state index in [9.17, 15) is 19.1 Å². The molecule has 0 amide bonds. The summed E-state index contributed by atoms with van der Waals surface area (Å²) in [6.45, 7) is 1.41. The number of benzene rings is 2. The number of carboxylic acid groups (broad SMARTS) is 1. The number of fused-ring (bicyclic) bond motifs is 1. The molecule has 2 aromatic heterocycles. The molecule has 0 fully saturated rings. The van der Waals surface area contributed by atoms with Gasteiger partial charge in [0.25, 0.3) is 0 Å². The van der Waals surface area contributed by atoms with Gasteiger partial charge in [0.05, 0.1) is 12.1 Å². The highest BCUT2D eigenvalue weighted by atomic mass is 19.1. The van der Waals surface area contributed by atoms with Crippen LogP contribution in [0.25, 0.3) is 11.0 Å². The van der Waals surface area contributed by atoms with Gasteiger partial charge >= 0.3 is 5.97 Å². The topological polar surface area (TPSA) is 105 Å². The van der Waals surface area contributed by atoms with E-state index in [-0.39, 0.29) is 23.8 Å². The maximum Gasteiger partial charge on any atom is 0.341 e. The van der Waals surface area contributed by atoms with Crippen molar-refractivity contribution < 1.29 is 28.9 Å². The van der Waals surface area contributed by atoms with Crippen LogP contribution in [-0.4, -0.2) is 52.2 Å². The van der Waals surface area contributed by atoms with Crippen molar-refractivity contribution in [2.24, 2.45) is 0 Å². The number of ether oxygens (including phenoxy) is 1. The van der Waals surface area contributed by atoms with Crippen LogP contribution in [0.1, 0.15) is 27.2 Å². The Hall–Kier alpha value is -4.40. The van der Waals surface area contributed by atoms with E-state index in [1.54, 1.807) is 18.2 Å². The molecule has 2 heterocycles. The first-order valence-corrected chi connectivity index (χ1v) is 10.8. The summed E-state index contributed by atoms with van der Waals surface area (Å²) in [4.78, 5) is 31.0. The number of phenolic OH excluding ortho intramolecular Hbond substituents is 1. The second kappa shape index (κ2) is 9.46. The van der Waals surface area contributed by atoms with Crippen LogP contribution in [-0.2, 0) is 11.3 Å². The highest BCUT2D eigenvalue weighted by Gasteiger charge is 2.26. The van der Waals surface area contributed by atoms with E-state index in [1.807, 2.05) is 42.6 Å². The minimum Gasteiger partial charge on any atom is -0.508 e. The molecule has 35 heavy (non-hydrogen) atoms. The Morgan fingerprint density at radius 1 is 1.09 bits per heavy atom. The molecule has 2 N–H and O–H groups in total. The first-order chi connectivity index (χ1) is 16.7. The van der Waals surface area contributed by atoms with Crippen LogP contribution in [0.5, 0.6) is 11.5 Å². The van der Waals surface area contributed by atoms with Crippen LogP contribution in [0.15, 0.2) is 54.6 Å². The Balaban J connectivity index is 1.87. The van der Waals surface area contributed by atoms with E-state index in [0.29, 0.717) is 33.5 Å². The molecule has 0 saturated carbocycles. The van der Waals surface area contributed by atoms with Crippen LogP contribution in [0.4, 0.5) is 10.2 Å². The predicted molar refractivity (Wildman–Crippen MR) is 129 cm³/mol. The summed E-state index contributed by atoms with van der Waals surface area (Å²) in [6.07, 6.45) is 0. The van der Waals surface area contributed by atoms with Gasteiger partial charge in [-0.05, 0) is 61.0 Å². The molecule has 0 unspecified atom stereocenters. The number of aromatic hydroxyl groups is 1. The van der Waals surface area contributed by atoms with Crippen LogP contribution in [0.3, 0.4) is 0 Å². The third kappa shape index (κ3) is 4.79. The Bertz CT molecular complexity index is 1430. The number of hydrogen-bond donors (Lipinski definition) is 2. The molecule has 0 aliphatic carbocycles. The molecule has 0 atom stereocenters. The maximum atomic E-state index is 14.2. The van der Waals surface area contributed by atoms with Crippen LogP contribution in [0, 0.1) is 12.7 Å². The third-order valence-corrected chi connectivity index (χ3v) is 5.49. The lowest BCUT2D eigenvalue weighted by Gasteiger charge is -2.19. The second-order valence-corrected chi connectivity index (χ2v) is 8.33. The normalized spacial score (nSPS) is 11.0. The van der Waals surface area contributed by atoms with Crippen molar-refractivity contribution in [3.05, 3.63) is 82.8 Å².